The maximum absolute atomic E-state index is 9.14. The number of aliphatic hydroxyl groups is 1. The van der Waals surface area contributed by atoms with Crippen LogP contribution in [0.25, 0.3) is 0 Å². The summed E-state index contributed by atoms with van der Waals surface area (Å²) >= 11 is 0. The third-order valence-corrected chi connectivity index (χ3v) is 3.69. The van der Waals surface area contributed by atoms with Gasteiger partial charge in [0, 0.05) is 12.0 Å². The van der Waals surface area contributed by atoms with Gasteiger partial charge in [0.25, 0.3) is 0 Å². The van der Waals surface area contributed by atoms with E-state index in [1.54, 1.807) is 0 Å². The summed E-state index contributed by atoms with van der Waals surface area (Å²) in [7, 11) is 0. The van der Waals surface area contributed by atoms with Crippen LogP contribution in [0.15, 0.2) is 40.8 Å². The normalized spacial score (nSPS) is 11.9. The number of hydrogen-bond donors (Lipinski definition) is 4. The van der Waals surface area contributed by atoms with Gasteiger partial charge in [-0.2, -0.15) is 0 Å². The number of aryl methyl sites for hydroxylation is 2. The summed E-state index contributed by atoms with van der Waals surface area (Å²) in [6.07, 6.45) is 1.33. The molecular weight excluding hydrogens is 378 g/mol. The number of carboxylic acid groups (broad SMARTS) is 2. The summed E-state index contributed by atoms with van der Waals surface area (Å²) in [6, 6.07) is 11.6. The van der Waals surface area contributed by atoms with Gasteiger partial charge in [0.2, 0.25) is 0 Å². The number of furan rings is 1. The van der Waals surface area contributed by atoms with Crippen molar-refractivity contribution in [1.82, 2.24) is 0 Å². The molecule has 1 aromatic heterocycles. The molecule has 0 aliphatic rings. The van der Waals surface area contributed by atoms with Gasteiger partial charge in [-0.3, -0.25) is 0 Å². The van der Waals surface area contributed by atoms with E-state index in [1.165, 1.54) is 5.56 Å². The van der Waals surface area contributed by atoms with Crippen LogP contribution in [0.2, 0.25) is 0 Å². The van der Waals surface area contributed by atoms with E-state index in [-0.39, 0.29) is 6.61 Å². The van der Waals surface area contributed by atoms with Crippen LogP contribution >= 0.6 is 0 Å². The van der Waals surface area contributed by atoms with E-state index in [4.69, 9.17) is 39.8 Å². The number of aliphatic hydroxyl groups excluding tert-OH is 1. The lowest BCUT2D eigenvalue weighted by Gasteiger charge is -2.20. The lowest BCUT2D eigenvalue weighted by molar-refractivity contribution is -0.159. The molecule has 0 radical (unpaired) electrons. The topological polar surface area (TPSA) is 143 Å². The Morgan fingerprint density at radius 2 is 1.76 bits per heavy atom. The highest BCUT2D eigenvalue weighted by Gasteiger charge is 2.17. The van der Waals surface area contributed by atoms with Gasteiger partial charge < -0.3 is 30.2 Å². The quantitative estimate of drug-likeness (QED) is 0.422. The van der Waals surface area contributed by atoms with Crippen LogP contribution in [0.4, 0.5) is 0 Å². The molecule has 8 nitrogen and oxygen atoms in total. The first-order chi connectivity index (χ1) is 13.6. The van der Waals surface area contributed by atoms with Gasteiger partial charge in [0.15, 0.2) is 5.76 Å². The number of benzene rings is 1. The first kappa shape index (κ1) is 23.8. The van der Waals surface area contributed by atoms with Crippen LogP contribution in [0.3, 0.4) is 0 Å². The predicted molar refractivity (Wildman–Crippen MR) is 106 cm³/mol. The van der Waals surface area contributed by atoms with Gasteiger partial charge in [-0.25, -0.2) is 9.59 Å². The summed E-state index contributed by atoms with van der Waals surface area (Å²) < 4.78 is 11.2. The first-order valence-electron chi connectivity index (χ1n) is 8.76. The molecular formula is C21H25NO7. The molecule has 1 aromatic carbocycles. The third kappa shape index (κ3) is 10.0. The van der Waals surface area contributed by atoms with E-state index in [0.717, 1.165) is 11.5 Å². The summed E-state index contributed by atoms with van der Waals surface area (Å²) in [5, 5.41) is 23.9. The van der Waals surface area contributed by atoms with Crippen molar-refractivity contribution >= 4 is 11.9 Å². The summed E-state index contributed by atoms with van der Waals surface area (Å²) in [4.78, 5) is 18.2. The van der Waals surface area contributed by atoms with Gasteiger partial charge in [-0.1, -0.05) is 23.6 Å². The number of hydrogen-bond acceptors (Lipinski definition) is 6. The van der Waals surface area contributed by atoms with Crippen molar-refractivity contribution in [2.75, 3.05) is 13.2 Å². The van der Waals surface area contributed by atoms with E-state index >= 15 is 0 Å². The van der Waals surface area contributed by atoms with Crippen molar-refractivity contribution in [3.05, 3.63) is 53.5 Å². The van der Waals surface area contributed by atoms with Gasteiger partial charge in [-0.15, -0.1) is 0 Å². The van der Waals surface area contributed by atoms with Gasteiger partial charge in [-0.05, 0) is 50.5 Å². The maximum Gasteiger partial charge on any atom is 0.414 e. The fourth-order valence-electron chi connectivity index (χ4n) is 1.94. The molecule has 0 unspecified atom stereocenters. The van der Waals surface area contributed by atoms with Crippen LogP contribution in [0.5, 0.6) is 5.75 Å². The lowest BCUT2D eigenvalue weighted by atomic mass is 9.98. The zero-order valence-electron chi connectivity index (χ0n) is 16.3. The van der Waals surface area contributed by atoms with Crippen LogP contribution in [-0.4, -0.2) is 46.0 Å². The number of ether oxygens (including phenoxy) is 1. The Labute approximate surface area is 168 Å². The fourth-order valence-corrected chi connectivity index (χ4v) is 1.94. The predicted octanol–water partition coefficient (Wildman–Crippen LogP) is 1.82. The third-order valence-electron chi connectivity index (χ3n) is 3.69. The highest BCUT2D eigenvalue weighted by Crippen LogP contribution is 2.14. The molecule has 8 heteroatoms. The summed E-state index contributed by atoms with van der Waals surface area (Å²) in [5.41, 5.74) is 6.51. The molecule has 2 aromatic rings. The number of carbonyl (C=O) groups is 2. The lowest BCUT2D eigenvalue weighted by Crippen LogP contribution is -2.40. The van der Waals surface area contributed by atoms with Crippen LogP contribution in [0, 0.1) is 18.8 Å². The Kier molecular flexibility index (Phi) is 9.45. The summed E-state index contributed by atoms with van der Waals surface area (Å²) in [5.74, 6) is 4.45. The average molecular weight is 403 g/mol. The molecule has 2 rings (SSSR count). The van der Waals surface area contributed by atoms with E-state index in [9.17, 15) is 0 Å². The fraction of sp³-hybridized carbons (Fsp3) is 0.333. The van der Waals surface area contributed by atoms with E-state index in [2.05, 4.69) is 11.8 Å². The van der Waals surface area contributed by atoms with Crippen molar-refractivity contribution in [2.24, 2.45) is 5.73 Å². The van der Waals surface area contributed by atoms with E-state index in [0.29, 0.717) is 25.2 Å². The van der Waals surface area contributed by atoms with Crippen LogP contribution < -0.4 is 10.5 Å². The van der Waals surface area contributed by atoms with Gasteiger partial charge in [0.1, 0.15) is 18.1 Å². The standard InChI is InChI=1S/C19H23NO3.C2H2O4/c1-15-5-7-16(8-6-15)22-13-3-4-17-9-10-18(23-17)11-12-19(2,20)14-21;3-1(4)2(5)6/h5-10,21H,11-14,20H2,1-2H3;(H,3,4)(H,5,6)/t19-;/m1./s1. The highest BCUT2D eigenvalue weighted by atomic mass is 16.5. The van der Waals surface area contributed by atoms with E-state index in [1.807, 2.05) is 50.2 Å². The monoisotopic (exact) mass is 403 g/mol. The molecule has 29 heavy (non-hydrogen) atoms. The second kappa shape index (κ2) is 11.5. The molecule has 0 aliphatic carbocycles. The summed E-state index contributed by atoms with van der Waals surface area (Å²) in [6.45, 7) is 4.12. The van der Waals surface area contributed by atoms with Crippen molar-refractivity contribution < 1.29 is 34.1 Å². The minimum atomic E-state index is -1.82. The number of nitrogens with two attached hydrogens (primary N) is 1. The second-order valence-corrected chi connectivity index (χ2v) is 6.59. The molecule has 5 N–H and O–H groups in total. The number of carboxylic acids is 2. The molecule has 0 spiro atoms. The van der Waals surface area contributed by atoms with Crippen molar-refractivity contribution in [2.45, 2.75) is 32.2 Å². The van der Waals surface area contributed by atoms with E-state index < -0.39 is 17.5 Å². The largest absolute Gasteiger partial charge is 0.481 e. The van der Waals surface area contributed by atoms with Crippen LogP contribution in [0.1, 0.15) is 30.4 Å². The first-order valence-corrected chi connectivity index (χ1v) is 8.76. The van der Waals surface area contributed by atoms with Gasteiger partial charge in [0.05, 0.1) is 6.61 Å². The molecule has 0 fully saturated rings. The Morgan fingerprint density at radius 3 is 2.31 bits per heavy atom. The molecule has 0 bridgehead atoms. The van der Waals surface area contributed by atoms with Crippen molar-refractivity contribution in [3.8, 4) is 17.6 Å². The average Bonchev–Trinajstić information content (AvgIpc) is 3.13. The van der Waals surface area contributed by atoms with Gasteiger partial charge >= 0.3 is 11.9 Å². The minimum absolute atomic E-state index is 0.0449. The highest BCUT2D eigenvalue weighted by molar-refractivity contribution is 6.27. The minimum Gasteiger partial charge on any atom is -0.481 e. The Bertz CT molecular complexity index is 845. The maximum atomic E-state index is 9.14. The molecule has 0 saturated carbocycles. The molecule has 156 valence electrons. The Morgan fingerprint density at radius 1 is 1.14 bits per heavy atom. The smallest absolute Gasteiger partial charge is 0.414 e. The molecule has 0 aliphatic heterocycles. The zero-order chi connectivity index (χ0) is 21.9. The zero-order valence-corrected chi connectivity index (χ0v) is 16.3. The van der Waals surface area contributed by atoms with Crippen LogP contribution in [-0.2, 0) is 16.0 Å². The number of rotatable bonds is 6. The molecule has 0 amide bonds. The number of aliphatic carboxylic acids is 2. The van der Waals surface area contributed by atoms with Crippen molar-refractivity contribution in [3.63, 3.8) is 0 Å². The van der Waals surface area contributed by atoms with Crippen molar-refractivity contribution in [1.29, 1.82) is 0 Å². The molecule has 1 heterocycles. The SMILES string of the molecule is Cc1ccc(OCC#Cc2ccc(CC[C@@](C)(N)CO)o2)cc1.O=C(O)C(=O)O. The second-order valence-electron chi connectivity index (χ2n) is 6.59. The Hall–Kier alpha value is -3.28. The Balaban J connectivity index is 0.000000612. The molecule has 1 atom stereocenters. The molecule has 0 saturated heterocycles.